The molecule has 5 heteroatoms. The molecule has 0 aliphatic heterocycles. The number of hydrogen-bond donors (Lipinski definition) is 0. The second kappa shape index (κ2) is 2.61. The third-order valence-corrected chi connectivity index (χ3v) is 1.38. The fourth-order valence-corrected chi connectivity index (χ4v) is 0.880. The zero-order chi connectivity index (χ0) is 8.39. The number of rotatable bonds is 1. The van der Waals surface area contributed by atoms with Crippen LogP contribution in [-0.2, 0) is 0 Å². The van der Waals surface area contributed by atoms with Crippen LogP contribution >= 0.6 is 0 Å². The molecule has 0 atom stereocenters. The first-order valence-electron chi connectivity index (χ1n) is 3.31. The second-order valence-corrected chi connectivity index (χ2v) is 2.20. The number of hydrogen-bond acceptors (Lipinski definition) is 4. The normalized spacial score (nSPS) is 10.0. The molecule has 2 aromatic rings. The second-order valence-electron chi connectivity index (χ2n) is 2.20. The minimum Gasteiger partial charge on any atom is -0.619 e. The summed E-state index contributed by atoms with van der Waals surface area (Å²) in [5.74, 6) is 0.347. The van der Waals surface area contributed by atoms with Crippen LogP contribution in [0.2, 0.25) is 0 Å². The van der Waals surface area contributed by atoms with Crippen LogP contribution in [0.4, 0.5) is 0 Å². The summed E-state index contributed by atoms with van der Waals surface area (Å²) in [7, 11) is 0. The summed E-state index contributed by atoms with van der Waals surface area (Å²) in [5, 5.41) is 18.0. The maximum Gasteiger partial charge on any atom is 0.253 e. The monoisotopic (exact) mass is 163 g/mol. The van der Waals surface area contributed by atoms with E-state index in [4.69, 9.17) is 4.42 Å². The summed E-state index contributed by atoms with van der Waals surface area (Å²) in [6.45, 7) is 0. The van der Waals surface area contributed by atoms with Gasteiger partial charge in [-0.3, -0.25) is 0 Å². The number of pyridine rings is 1. The third-order valence-electron chi connectivity index (χ3n) is 1.38. The maximum atomic E-state index is 10.8. The van der Waals surface area contributed by atoms with Crippen LogP contribution in [0.5, 0.6) is 0 Å². The summed E-state index contributed by atoms with van der Waals surface area (Å²) in [5.41, 5.74) is 0.616. The molecule has 0 aromatic carbocycles. The van der Waals surface area contributed by atoms with E-state index < -0.39 is 0 Å². The lowest BCUT2D eigenvalue weighted by Crippen LogP contribution is -2.23. The molecular weight excluding hydrogens is 158 g/mol. The van der Waals surface area contributed by atoms with Crippen LogP contribution in [-0.4, -0.2) is 10.2 Å². The highest BCUT2D eigenvalue weighted by Crippen LogP contribution is 2.11. The first-order valence-corrected chi connectivity index (χ1v) is 3.31. The number of nitrogens with zero attached hydrogens (tertiary/aromatic N) is 3. The lowest BCUT2D eigenvalue weighted by Gasteiger charge is -1.94. The summed E-state index contributed by atoms with van der Waals surface area (Å²) in [6, 6.07) is 3.34. The average molecular weight is 163 g/mol. The van der Waals surface area contributed by atoms with E-state index in [9.17, 15) is 5.21 Å². The van der Waals surface area contributed by atoms with Gasteiger partial charge in [-0.1, -0.05) is 0 Å². The Labute approximate surface area is 67.9 Å². The molecule has 60 valence electrons. The maximum absolute atomic E-state index is 10.8. The Hall–Kier alpha value is -1.91. The molecule has 0 amide bonds. The molecule has 0 N–H and O–H groups in total. The van der Waals surface area contributed by atoms with Gasteiger partial charge in [0.25, 0.3) is 5.89 Å². The molecular formula is C7H5N3O2. The van der Waals surface area contributed by atoms with E-state index in [1.165, 1.54) is 18.8 Å². The van der Waals surface area contributed by atoms with Gasteiger partial charge >= 0.3 is 0 Å². The first-order chi connectivity index (χ1) is 5.86. The van der Waals surface area contributed by atoms with Gasteiger partial charge in [-0.05, 0) is 6.07 Å². The minimum atomic E-state index is 0.347. The summed E-state index contributed by atoms with van der Waals surface area (Å²) >= 11 is 0. The topological polar surface area (TPSA) is 65.9 Å². The molecule has 5 nitrogen and oxygen atoms in total. The predicted octanol–water partition coefficient (Wildman–Crippen LogP) is 0.370. The van der Waals surface area contributed by atoms with E-state index >= 15 is 0 Å². The Morgan fingerprint density at radius 1 is 1.50 bits per heavy atom. The van der Waals surface area contributed by atoms with Crippen LogP contribution < -0.4 is 4.73 Å². The quantitative estimate of drug-likeness (QED) is 0.450. The van der Waals surface area contributed by atoms with E-state index in [1.807, 2.05) is 0 Å². The lowest BCUT2D eigenvalue weighted by atomic mass is 10.3. The highest BCUT2D eigenvalue weighted by molar-refractivity contribution is 5.48. The zero-order valence-electron chi connectivity index (χ0n) is 6.04. The van der Waals surface area contributed by atoms with Crippen molar-refractivity contribution in [1.82, 2.24) is 10.2 Å². The highest BCUT2D eigenvalue weighted by Gasteiger charge is 2.05. The molecule has 0 aliphatic carbocycles. The molecule has 0 saturated heterocycles. The van der Waals surface area contributed by atoms with Crippen molar-refractivity contribution in [2.45, 2.75) is 0 Å². The molecule has 0 bridgehead atoms. The number of aromatic nitrogens is 3. The molecule has 0 unspecified atom stereocenters. The summed E-state index contributed by atoms with van der Waals surface area (Å²) in [6.07, 6.45) is 3.98. The van der Waals surface area contributed by atoms with Crippen molar-refractivity contribution in [2.75, 3.05) is 0 Å². The molecule has 2 aromatic heterocycles. The van der Waals surface area contributed by atoms with Gasteiger partial charge in [-0.2, -0.15) is 4.73 Å². The Morgan fingerprint density at radius 2 is 2.42 bits per heavy atom. The Morgan fingerprint density at radius 3 is 3.08 bits per heavy atom. The van der Waals surface area contributed by atoms with Crippen molar-refractivity contribution in [3.8, 4) is 11.5 Å². The molecule has 2 rings (SSSR count). The van der Waals surface area contributed by atoms with E-state index in [0.717, 1.165) is 0 Å². The molecule has 0 saturated carbocycles. The Balaban J connectivity index is 2.48. The predicted molar refractivity (Wildman–Crippen MR) is 38.7 cm³/mol. The summed E-state index contributed by atoms with van der Waals surface area (Å²) in [4.78, 5) is 0. The minimum absolute atomic E-state index is 0.347. The van der Waals surface area contributed by atoms with Crippen molar-refractivity contribution in [2.24, 2.45) is 0 Å². The van der Waals surface area contributed by atoms with Gasteiger partial charge in [0.05, 0.1) is 0 Å². The Kier molecular flexibility index (Phi) is 1.48. The molecule has 0 radical (unpaired) electrons. The van der Waals surface area contributed by atoms with Gasteiger partial charge in [-0.25, -0.2) is 0 Å². The lowest BCUT2D eigenvalue weighted by molar-refractivity contribution is -0.604. The largest absolute Gasteiger partial charge is 0.619 e. The van der Waals surface area contributed by atoms with E-state index in [2.05, 4.69) is 10.2 Å². The van der Waals surface area contributed by atoms with Gasteiger partial charge in [-0.15, -0.1) is 10.2 Å². The molecule has 0 fully saturated rings. The van der Waals surface area contributed by atoms with Gasteiger partial charge in [0, 0.05) is 6.07 Å². The van der Waals surface area contributed by atoms with E-state index in [0.29, 0.717) is 16.2 Å². The highest BCUT2D eigenvalue weighted by atomic mass is 16.5. The fraction of sp³-hybridized carbons (Fsp3) is 0. The molecule has 0 aliphatic rings. The van der Waals surface area contributed by atoms with Gasteiger partial charge < -0.3 is 9.62 Å². The average Bonchev–Trinajstić information content (AvgIpc) is 2.56. The first kappa shape index (κ1) is 6.78. The molecule has 0 spiro atoms. The van der Waals surface area contributed by atoms with Crippen LogP contribution in [0.25, 0.3) is 11.5 Å². The summed E-state index contributed by atoms with van der Waals surface area (Å²) < 4.78 is 5.58. The van der Waals surface area contributed by atoms with Crippen molar-refractivity contribution in [1.29, 1.82) is 0 Å². The fourth-order valence-electron chi connectivity index (χ4n) is 0.880. The Bertz CT molecular complexity index is 372. The smallest absolute Gasteiger partial charge is 0.253 e. The van der Waals surface area contributed by atoms with Gasteiger partial charge in [0.1, 0.15) is 5.56 Å². The molecule has 2 heterocycles. The third kappa shape index (κ3) is 1.12. The van der Waals surface area contributed by atoms with Crippen LogP contribution in [0, 0.1) is 5.21 Å². The van der Waals surface area contributed by atoms with E-state index in [-0.39, 0.29) is 0 Å². The molecule has 12 heavy (non-hydrogen) atoms. The SMILES string of the molecule is [O-][n+]1cccc(-c2nnco2)c1. The standard InChI is InChI=1S/C7H5N3O2/c11-10-3-1-2-6(4-10)7-9-8-5-12-7/h1-5H. The van der Waals surface area contributed by atoms with Crippen molar-refractivity contribution in [3.05, 3.63) is 36.1 Å². The van der Waals surface area contributed by atoms with Crippen molar-refractivity contribution >= 4 is 0 Å². The van der Waals surface area contributed by atoms with Crippen molar-refractivity contribution < 1.29 is 9.15 Å². The van der Waals surface area contributed by atoms with Crippen LogP contribution in [0.15, 0.2) is 35.3 Å². The van der Waals surface area contributed by atoms with Gasteiger partial charge in [0.2, 0.25) is 6.39 Å². The van der Waals surface area contributed by atoms with Crippen LogP contribution in [0.3, 0.4) is 0 Å². The van der Waals surface area contributed by atoms with E-state index in [1.54, 1.807) is 12.1 Å². The van der Waals surface area contributed by atoms with Crippen LogP contribution in [0.1, 0.15) is 0 Å². The zero-order valence-corrected chi connectivity index (χ0v) is 6.04. The van der Waals surface area contributed by atoms with Crippen molar-refractivity contribution in [3.63, 3.8) is 0 Å². The van der Waals surface area contributed by atoms with Gasteiger partial charge in [0.15, 0.2) is 12.4 Å².